The Bertz CT molecular complexity index is 254. The normalized spacial score (nSPS) is 28.5. The third-order valence-corrected chi connectivity index (χ3v) is 2.06. The Morgan fingerprint density at radius 2 is 2.27 bits per heavy atom. The van der Waals surface area contributed by atoms with E-state index in [0.717, 1.165) is 0 Å². The molecule has 1 fully saturated rings. The summed E-state index contributed by atoms with van der Waals surface area (Å²) in [7, 11) is -3.78. The van der Waals surface area contributed by atoms with Crippen LogP contribution in [0.4, 0.5) is 0 Å². The van der Waals surface area contributed by atoms with E-state index >= 15 is 0 Å². The van der Waals surface area contributed by atoms with Crippen LogP contribution in [0, 0.1) is 0 Å². The monoisotopic (exact) mass is 205 g/mol. The quantitative estimate of drug-likeness (QED) is 0.413. The molecule has 0 spiro atoms. The molecule has 1 amide bonds. The van der Waals surface area contributed by atoms with Gasteiger partial charge in [0.2, 0.25) is 5.91 Å². The van der Waals surface area contributed by atoms with Gasteiger partial charge in [0.05, 0.1) is 12.5 Å². The second-order valence-electron chi connectivity index (χ2n) is 2.09. The zero-order valence-corrected chi connectivity index (χ0v) is 10.3. The van der Waals surface area contributed by atoms with Crippen molar-refractivity contribution in [2.24, 2.45) is 0 Å². The van der Waals surface area contributed by atoms with Crippen molar-refractivity contribution >= 4 is 16.2 Å². The Morgan fingerprint density at radius 1 is 1.73 bits per heavy atom. The fourth-order valence-corrected chi connectivity index (χ4v) is 1.63. The minimum atomic E-state index is -3.78. The van der Waals surface area contributed by atoms with Gasteiger partial charge in [-0.25, -0.2) is 4.72 Å². The van der Waals surface area contributed by atoms with Crippen LogP contribution in [0.1, 0.15) is 14.8 Å². The van der Waals surface area contributed by atoms with Crippen LogP contribution in [0.5, 0.6) is 0 Å². The number of hydrogen-bond acceptors (Lipinski definition) is 4. The first-order chi connectivity index (χ1) is 4.49. The van der Waals surface area contributed by atoms with Crippen LogP contribution in [-0.4, -0.2) is 20.4 Å². The van der Waals surface area contributed by atoms with Gasteiger partial charge in [-0.15, -0.1) is 0 Å². The van der Waals surface area contributed by atoms with Gasteiger partial charge in [0.1, 0.15) is 0 Å². The van der Waals surface area contributed by atoms with E-state index in [1.807, 2.05) is 0 Å². The number of carbonyl (C=O) groups is 1. The van der Waals surface area contributed by atoms with E-state index in [-0.39, 0.29) is 59.2 Å². The fourth-order valence-electron chi connectivity index (χ4n) is 0.717. The van der Waals surface area contributed by atoms with Crippen LogP contribution in [0.25, 0.3) is 0 Å². The first-order valence-corrected chi connectivity index (χ1v) is 4.14. The fraction of sp³-hybridized carbons (Fsp3) is 0.750. The molecule has 1 unspecified atom stereocenters. The second-order valence-corrected chi connectivity index (χ2v) is 3.40. The van der Waals surface area contributed by atoms with Gasteiger partial charge >= 0.3 is 61.7 Å². The minimum absolute atomic E-state index is 0. The van der Waals surface area contributed by atoms with Crippen LogP contribution in [0.3, 0.4) is 0 Å². The van der Waals surface area contributed by atoms with Gasteiger partial charge in [0.25, 0.3) is 0 Å². The molecule has 0 bridgehead atoms. The molecule has 1 N–H and O–H groups in total. The molecule has 0 saturated carbocycles. The molecule has 0 aliphatic carbocycles. The molecule has 1 aliphatic heterocycles. The third-order valence-electron chi connectivity index (χ3n) is 1.00. The van der Waals surface area contributed by atoms with Gasteiger partial charge in [-0.05, 0) is 6.92 Å². The van der Waals surface area contributed by atoms with Crippen molar-refractivity contribution in [2.45, 2.75) is 19.4 Å². The van der Waals surface area contributed by atoms with E-state index in [1.165, 1.54) is 6.92 Å². The molecule has 7 heteroatoms. The van der Waals surface area contributed by atoms with Crippen LogP contribution >= 0.6 is 0 Å². The first kappa shape index (κ1) is 12.0. The Balaban J connectivity index is 0. The van der Waals surface area contributed by atoms with Crippen molar-refractivity contribution in [3.63, 3.8) is 0 Å². The van der Waals surface area contributed by atoms with Crippen molar-refractivity contribution in [1.29, 1.82) is 0 Å². The number of rotatable bonds is 0. The molecule has 0 aromatic rings. The SMILES string of the molecule is CC1CC(=O)NS(=O)(=O)O1.[H-].[K+]. The number of amides is 1. The van der Waals surface area contributed by atoms with Gasteiger partial charge in [-0.1, -0.05) is 0 Å². The summed E-state index contributed by atoms with van der Waals surface area (Å²) < 4.78 is 27.1. The second kappa shape index (κ2) is 4.31. The van der Waals surface area contributed by atoms with Crippen LogP contribution in [-0.2, 0) is 19.3 Å². The average Bonchev–Trinajstić information content (AvgIpc) is 1.54. The molecule has 1 saturated heterocycles. The summed E-state index contributed by atoms with van der Waals surface area (Å²) in [6, 6.07) is 0. The predicted molar refractivity (Wildman–Crippen MR) is 33.3 cm³/mol. The third kappa shape index (κ3) is 3.97. The maximum atomic E-state index is 10.5. The molecule has 1 aliphatic rings. The van der Waals surface area contributed by atoms with Crippen molar-refractivity contribution in [1.82, 2.24) is 4.72 Å². The van der Waals surface area contributed by atoms with E-state index in [9.17, 15) is 13.2 Å². The van der Waals surface area contributed by atoms with E-state index in [0.29, 0.717) is 0 Å². The molecule has 0 aromatic heterocycles. The molecule has 0 radical (unpaired) electrons. The summed E-state index contributed by atoms with van der Waals surface area (Å²) in [5, 5.41) is 0. The van der Waals surface area contributed by atoms with Crippen LogP contribution < -0.4 is 56.1 Å². The standard InChI is InChI=1S/C4H7NO4S.K.H/c1-3-2-4(6)5-10(7,8)9-3;;/h3H,2H2,1H3,(H,5,6);;/q;+1;-1. The molecule has 1 atom stereocenters. The molecule has 5 nitrogen and oxygen atoms in total. The summed E-state index contributed by atoms with van der Waals surface area (Å²) in [5.41, 5.74) is 0. The Labute approximate surface area is 109 Å². The zero-order valence-electron chi connectivity index (χ0n) is 7.33. The van der Waals surface area contributed by atoms with Gasteiger partial charge in [-0.2, -0.15) is 8.42 Å². The topological polar surface area (TPSA) is 72.5 Å². The predicted octanol–water partition coefficient (Wildman–Crippen LogP) is -3.73. The molecule has 1 heterocycles. The van der Waals surface area contributed by atoms with Crippen molar-refractivity contribution in [3.05, 3.63) is 0 Å². The molecule has 0 aromatic carbocycles. The van der Waals surface area contributed by atoms with Crippen molar-refractivity contribution < 1.29 is 70.2 Å². The molecular formula is C4H8KNO4S. The smallest absolute Gasteiger partial charge is 1.00 e. The van der Waals surface area contributed by atoms with Crippen LogP contribution in [0.2, 0.25) is 0 Å². The summed E-state index contributed by atoms with van der Waals surface area (Å²) in [4.78, 5) is 10.5. The van der Waals surface area contributed by atoms with Gasteiger partial charge in [-0.3, -0.25) is 8.98 Å². The Hall–Kier alpha value is 1.02. The maximum Gasteiger partial charge on any atom is 1.00 e. The Kier molecular flexibility index (Phi) is 4.71. The van der Waals surface area contributed by atoms with Gasteiger partial charge in [0, 0.05) is 0 Å². The van der Waals surface area contributed by atoms with Gasteiger partial charge < -0.3 is 1.43 Å². The molecule has 60 valence electrons. The van der Waals surface area contributed by atoms with E-state index < -0.39 is 22.3 Å². The summed E-state index contributed by atoms with van der Waals surface area (Å²) in [6.45, 7) is 1.52. The summed E-state index contributed by atoms with van der Waals surface area (Å²) >= 11 is 0. The van der Waals surface area contributed by atoms with Crippen LogP contribution in [0.15, 0.2) is 0 Å². The molecule has 11 heavy (non-hydrogen) atoms. The van der Waals surface area contributed by atoms with Crippen molar-refractivity contribution in [3.8, 4) is 0 Å². The number of hydrogen-bond donors (Lipinski definition) is 1. The Morgan fingerprint density at radius 3 is 2.64 bits per heavy atom. The summed E-state index contributed by atoms with van der Waals surface area (Å²) in [6.07, 6.45) is -0.446. The molecular weight excluding hydrogens is 197 g/mol. The largest absolute Gasteiger partial charge is 1.00 e. The number of carbonyl (C=O) groups excluding carboxylic acids is 1. The van der Waals surface area contributed by atoms with E-state index in [4.69, 9.17) is 0 Å². The maximum absolute atomic E-state index is 10.5. The van der Waals surface area contributed by atoms with Crippen molar-refractivity contribution in [2.75, 3.05) is 0 Å². The first-order valence-electron chi connectivity index (χ1n) is 2.73. The van der Waals surface area contributed by atoms with Gasteiger partial charge in [0.15, 0.2) is 0 Å². The summed E-state index contributed by atoms with van der Waals surface area (Å²) in [5.74, 6) is -0.515. The minimum Gasteiger partial charge on any atom is -1.00 e. The van der Waals surface area contributed by atoms with E-state index in [2.05, 4.69) is 4.18 Å². The average molecular weight is 205 g/mol. The molecule has 1 rings (SSSR count). The zero-order chi connectivity index (χ0) is 7.78. The van der Waals surface area contributed by atoms with E-state index in [1.54, 1.807) is 4.72 Å². The number of nitrogens with one attached hydrogen (secondary N) is 1.